The zero-order chi connectivity index (χ0) is 17.7. The second-order valence-corrected chi connectivity index (χ2v) is 9.06. The van der Waals surface area contributed by atoms with Crippen molar-refractivity contribution >= 4 is 17.4 Å². The van der Waals surface area contributed by atoms with Gasteiger partial charge in [-0.25, -0.2) is 0 Å². The van der Waals surface area contributed by atoms with Gasteiger partial charge in [-0.15, -0.1) is 0 Å². The second-order valence-electron chi connectivity index (χ2n) is 8.69. The van der Waals surface area contributed by atoms with Crippen molar-refractivity contribution in [2.45, 2.75) is 85.2 Å². The van der Waals surface area contributed by atoms with Gasteiger partial charge in [0.2, 0.25) is 0 Å². The lowest BCUT2D eigenvalue weighted by Crippen LogP contribution is -2.51. The van der Waals surface area contributed by atoms with Crippen molar-refractivity contribution in [1.29, 1.82) is 0 Å². The molecule has 0 amide bonds. The van der Waals surface area contributed by atoms with Crippen LogP contribution in [0.2, 0.25) is 0 Å². The normalized spacial score (nSPS) is 47.3. The SMILES string of the molecule is CC.CC12CCC(=O)C(Cl)=C1CCC1C2CCC2(C)C(O)CCC12. The standard InChI is InChI=1S/C19H27ClO2.C2H6/c1-18-10-8-15(21)17(20)14(18)4-3-11-12-5-6-16(22)19(12,2)9-7-13(11)18;1-2/h11-13,16,22H,3-10H2,1-2H3;1-2H3. The van der Waals surface area contributed by atoms with Gasteiger partial charge in [0, 0.05) is 6.42 Å². The summed E-state index contributed by atoms with van der Waals surface area (Å²) in [6.07, 6.45) is 8.11. The molecule has 2 nitrogen and oxygen atoms in total. The summed E-state index contributed by atoms with van der Waals surface area (Å²) in [6.45, 7) is 8.68. The summed E-state index contributed by atoms with van der Waals surface area (Å²) in [5.41, 5.74) is 1.52. The van der Waals surface area contributed by atoms with Gasteiger partial charge in [-0.2, -0.15) is 0 Å². The van der Waals surface area contributed by atoms with Crippen LogP contribution in [0.1, 0.15) is 79.1 Å². The maximum absolute atomic E-state index is 12.0. The number of carbonyl (C=O) groups excluding carboxylic acids is 1. The molecule has 3 heteroatoms. The van der Waals surface area contributed by atoms with Crippen LogP contribution in [0.5, 0.6) is 0 Å². The molecule has 136 valence electrons. The van der Waals surface area contributed by atoms with E-state index in [2.05, 4.69) is 13.8 Å². The number of aliphatic hydroxyl groups is 1. The maximum Gasteiger partial charge on any atom is 0.174 e. The third kappa shape index (κ3) is 2.43. The van der Waals surface area contributed by atoms with E-state index in [4.69, 9.17) is 11.6 Å². The summed E-state index contributed by atoms with van der Waals surface area (Å²) in [7, 11) is 0. The van der Waals surface area contributed by atoms with Gasteiger partial charge in [0.25, 0.3) is 0 Å². The van der Waals surface area contributed by atoms with Crippen LogP contribution in [0.4, 0.5) is 0 Å². The lowest BCUT2D eigenvalue weighted by Gasteiger charge is -2.57. The van der Waals surface area contributed by atoms with Gasteiger partial charge in [-0.1, -0.05) is 39.3 Å². The number of Topliss-reactive ketones (excluding diaryl/α,β-unsaturated/α-hetero) is 1. The fourth-order valence-corrected chi connectivity index (χ4v) is 7.03. The van der Waals surface area contributed by atoms with Crippen LogP contribution in [0, 0.1) is 28.6 Å². The van der Waals surface area contributed by atoms with Crippen LogP contribution in [-0.2, 0) is 4.79 Å². The fourth-order valence-electron chi connectivity index (χ4n) is 6.62. The number of rotatable bonds is 0. The van der Waals surface area contributed by atoms with E-state index in [1.165, 1.54) is 18.4 Å². The molecule has 3 saturated carbocycles. The van der Waals surface area contributed by atoms with Crippen LogP contribution in [0.3, 0.4) is 0 Å². The Bertz CT molecular complexity index is 554. The molecule has 0 spiro atoms. The van der Waals surface area contributed by atoms with Gasteiger partial charge in [0.15, 0.2) is 5.78 Å². The summed E-state index contributed by atoms with van der Waals surface area (Å²) in [5, 5.41) is 11.0. The highest BCUT2D eigenvalue weighted by Crippen LogP contribution is 2.65. The molecule has 4 rings (SSSR count). The number of ketones is 1. The van der Waals surface area contributed by atoms with Crippen LogP contribution in [0.25, 0.3) is 0 Å². The number of hydrogen-bond acceptors (Lipinski definition) is 2. The van der Waals surface area contributed by atoms with Crippen molar-refractivity contribution in [3.63, 3.8) is 0 Å². The number of fused-ring (bicyclic) bond motifs is 5. The first-order valence-corrected chi connectivity index (χ1v) is 10.4. The summed E-state index contributed by atoms with van der Waals surface area (Å²) < 4.78 is 0. The first-order chi connectivity index (χ1) is 11.4. The second kappa shape index (κ2) is 6.43. The molecule has 0 heterocycles. The predicted octanol–water partition coefficient (Wildman–Crippen LogP) is 5.47. The quantitative estimate of drug-likeness (QED) is 0.627. The van der Waals surface area contributed by atoms with Gasteiger partial charge in [-0.05, 0) is 79.1 Å². The third-order valence-electron chi connectivity index (χ3n) is 8.00. The molecule has 24 heavy (non-hydrogen) atoms. The summed E-state index contributed by atoms with van der Waals surface area (Å²) in [6, 6.07) is 0. The zero-order valence-corrected chi connectivity index (χ0v) is 16.5. The Hall–Kier alpha value is -0.340. The van der Waals surface area contributed by atoms with E-state index in [-0.39, 0.29) is 22.7 Å². The highest BCUT2D eigenvalue weighted by Gasteiger charge is 2.59. The molecule has 4 aliphatic carbocycles. The largest absolute Gasteiger partial charge is 0.393 e. The van der Waals surface area contributed by atoms with Gasteiger partial charge in [-0.3, -0.25) is 4.79 Å². The molecule has 1 N–H and O–H groups in total. The molecule has 0 aromatic heterocycles. The Balaban J connectivity index is 0.000000815. The van der Waals surface area contributed by atoms with Crippen molar-refractivity contribution in [3.05, 3.63) is 10.6 Å². The van der Waals surface area contributed by atoms with E-state index < -0.39 is 0 Å². The Morgan fingerprint density at radius 3 is 2.42 bits per heavy atom. The Morgan fingerprint density at radius 1 is 1.00 bits per heavy atom. The van der Waals surface area contributed by atoms with E-state index >= 15 is 0 Å². The lowest BCUT2D eigenvalue weighted by molar-refractivity contribution is -0.118. The molecule has 6 atom stereocenters. The monoisotopic (exact) mass is 352 g/mol. The van der Waals surface area contributed by atoms with E-state index in [1.807, 2.05) is 13.8 Å². The van der Waals surface area contributed by atoms with Gasteiger partial charge in [0.1, 0.15) is 0 Å². The van der Waals surface area contributed by atoms with Crippen LogP contribution < -0.4 is 0 Å². The molecule has 0 aromatic carbocycles. The summed E-state index contributed by atoms with van der Waals surface area (Å²) in [5.74, 6) is 2.18. The molecular formula is C21H33ClO2. The molecule has 0 bridgehead atoms. The fraction of sp³-hybridized carbons (Fsp3) is 0.857. The van der Waals surface area contributed by atoms with Crippen molar-refractivity contribution in [2.75, 3.05) is 0 Å². The van der Waals surface area contributed by atoms with Crippen molar-refractivity contribution in [3.8, 4) is 0 Å². The van der Waals surface area contributed by atoms with Gasteiger partial charge in [0.05, 0.1) is 11.1 Å². The summed E-state index contributed by atoms with van der Waals surface area (Å²) in [4.78, 5) is 12.0. The Labute approximate surface area is 152 Å². The number of aliphatic hydroxyl groups excluding tert-OH is 1. The van der Waals surface area contributed by atoms with Crippen LogP contribution in [0.15, 0.2) is 10.6 Å². The minimum Gasteiger partial charge on any atom is -0.393 e. The smallest absolute Gasteiger partial charge is 0.174 e. The predicted molar refractivity (Wildman–Crippen MR) is 98.9 cm³/mol. The number of allylic oxidation sites excluding steroid dienone is 1. The molecule has 0 radical (unpaired) electrons. The van der Waals surface area contributed by atoms with Crippen molar-refractivity contribution in [1.82, 2.24) is 0 Å². The molecule has 0 aliphatic heterocycles. The highest BCUT2D eigenvalue weighted by molar-refractivity contribution is 6.43. The minimum atomic E-state index is -0.111. The Kier molecular flexibility index (Phi) is 4.94. The van der Waals surface area contributed by atoms with Crippen molar-refractivity contribution < 1.29 is 9.90 Å². The van der Waals surface area contributed by atoms with Crippen LogP contribution >= 0.6 is 11.6 Å². The van der Waals surface area contributed by atoms with E-state index in [9.17, 15) is 9.90 Å². The highest BCUT2D eigenvalue weighted by atomic mass is 35.5. The van der Waals surface area contributed by atoms with E-state index in [1.54, 1.807) is 0 Å². The molecule has 6 unspecified atom stereocenters. The molecule has 4 aliphatic rings. The molecule has 0 aromatic rings. The molecular weight excluding hydrogens is 320 g/mol. The lowest BCUT2D eigenvalue weighted by atomic mass is 9.47. The van der Waals surface area contributed by atoms with E-state index in [0.717, 1.165) is 32.1 Å². The number of hydrogen-bond donors (Lipinski definition) is 1. The number of carbonyl (C=O) groups is 1. The number of halogens is 1. The van der Waals surface area contributed by atoms with Crippen LogP contribution in [-0.4, -0.2) is 17.0 Å². The van der Waals surface area contributed by atoms with Crippen molar-refractivity contribution in [2.24, 2.45) is 28.6 Å². The first-order valence-electron chi connectivity index (χ1n) is 9.98. The topological polar surface area (TPSA) is 37.3 Å². The Morgan fingerprint density at radius 2 is 1.71 bits per heavy atom. The van der Waals surface area contributed by atoms with Gasteiger partial charge >= 0.3 is 0 Å². The zero-order valence-electron chi connectivity index (χ0n) is 15.7. The van der Waals surface area contributed by atoms with E-state index in [0.29, 0.717) is 29.2 Å². The third-order valence-corrected chi connectivity index (χ3v) is 8.44. The molecule has 0 saturated heterocycles. The summed E-state index contributed by atoms with van der Waals surface area (Å²) >= 11 is 6.41. The van der Waals surface area contributed by atoms with Gasteiger partial charge < -0.3 is 5.11 Å². The molecule has 3 fully saturated rings. The average Bonchev–Trinajstić information content (AvgIpc) is 2.89. The average molecular weight is 353 g/mol. The first kappa shape index (κ1) is 18.5. The minimum absolute atomic E-state index is 0.111. The maximum atomic E-state index is 12.0.